The molecule has 0 atom stereocenters. The summed E-state index contributed by atoms with van der Waals surface area (Å²) in [7, 11) is 0. The van der Waals surface area contributed by atoms with Crippen molar-refractivity contribution in [2.45, 2.75) is 0 Å². The molecule has 18 heavy (non-hydrogen) atoms. The maximum absolute atomic E-state index is 11.2. The number of carbonyl (C=O) groups is 3. The normalized spacial score (nSPS) is 10.2. The van der Waals surface area contributed by atoms with Gasteiger partial charge in [0.05, 0.1) is 11.1 Å². The first-order valence-corrected chi connectivity index (χ1v) is 5.03. The van der Waals surface area contributed by atoms with Crippen LogP contribution in [0.1, 0.15) is 31.1 Å². The Morgan fingerprint density at radius 3 is 2.11 bits per heavy atom. The fraction of sp³-hybridized carbons (Fsp3) is 0. The number of carboxylic acids is 2. The van der Waals surface area contributed by atoms with Crippen LogP contribution in [0.4, 0.5) is 0 Å². The van der Waals surface area contributed by atoms with Crippen LogP contribution in [0.25, 0.3) is 10.8 Å². The van der Waals surface area contributed by atoms with E-state index >= 15 is 0 Å². The molecule has 0 aliphatic heterocycles. The average molecular weight is 244 g/mol. The van der Waals surface area contributed by atoms with Crippen molar-refractivity contribution in [2.75, 3.05) is 0 Å². The van der Waals surface area contributed by atoms with Crippen molar-refractivity contribution in [3.05, 3.63) is 47.0 Å². The SMILES string of the molecule is O=Cc1cc(C(=O)O)c2ccccc2c1C(=O)O. The molecule has 2 N–H and O–H groups in total. The van der Waals surface area contributed by atoms with Gasteiger partial charge in [-0.25, -0.2) is 9.59 Å². The lowest BCUT2D eigenvalue weighted by Gasteiger charge is -2.08. The molecule has 0 aromatic heterocycles. The zero-order valence-corrected chi connectivity index (χ0v) is 9.08. The first kappa shape index (κ1) is 11.8. The minimum Gasteiger partial charge on any atom is -0.478 e. The summed E-state index contributed by atoms with van der Waals surface area (Å²) in [6, 6.07) is 7.29. The van der Waals surface area contributed by atoms with Gasteiger partial charge in [-0.1, -0.05) is 24.3 Å². The first-order chi connectivity index (χ1) is 8.56. The molecule has 0 saturated carbocycles. The molecule has 0 spiro atoms. The molecule has 90 valence electrons. The summed E-state index contributed by atoms with van der Waals surface area (Å²) >= 11 is 0. The number of hydrogen-bond donors (Lipinski definition) is 2. The van der Waals surface area contributed by atoms with E-state index in [1.54, 1.807) is 12.1 Å². The Labute approximate surface area is 101 Å². The van der Waals surface area contributed by atoms with E-state index in [0.29, 0.717) is 11.7 Å². The predicted octanol–water partition coefficient (Wildman–Crippen LogP) is 2.05. The van der Waals surface area contributed by atoms with Crippen molar-refractivity contribution >= 4 is 29.0 Å². The van der Waals surface area contributed by atoms with Crippen molar-refractivity contribution in [1.29, 1.82) is 0 Å². The number of rotatable bonds is 3. The smallest absolute Gasteiger partial charge is 0.337 e. The van der Waals surface area contributed by atoms with Crippen molar-refractivity contribution < 1.29 is 24.6 Å². The van der Waals surface area contributed by atoms with Gasteiger partial charge in [-0.3, -0.25) is 4.79 Å². The molecule has 0 radical (unpaired) electrons. The second-order valence-electron chi connectivity index (χ2n) is 3.66. The summed E-state index contributed by atoms with van der Waals surface area (Å²) in [5, 5.41) is 18.7. The van der Waals surface area contributed by atoms with Gasteiger partial charge in [-0.15, -0.1) is 0 Å². The highest BCUT2D eigenvalue weighted by molar-refractivity contribution is 6.15. The molecule has 2 aromatic carbocycles. The Balaban J connectivity index is 3.01. The van der Waals surface area contributed by atoms with Crippen molar-refractivity contribution in [1.82, 2.24) is 0 Å². The van der Waals surface area contributed by atoms with Gasteiger partial charge in [-0.2, -0.15) is 0 Å². The second kappa shape index (κ2) is 4.29. The molecule has 0 saturated heterocycles. The van der Waals surface area contributed by atoms with Crippen LogP contribution in [0.3, 0.4) is 0 Å². The highest BCUT2D eigenvalue weighted by Crippen LogP contribution is 2.26. The van der Waals surface area contributed by atoms with Crippen LogP contribution in [-0.2, 0) is 0 Å². The van der Waals surface area contributed by atoms with Gasteiger partial charge in [0.15, 0.2) is 6.29 Å². The number of hydrogen-bond acceptors (Lipinski definition) is 3. The van der Waals surface area contributed by atoms with Crippen LogP contribution >= 0.6 is 0 Å². The molecule has 2 aromatic rings. The molecule has 0 aliphatic rings. The highest BCUT2D eigenvalue weighted by Gasteiger charge is 2.19. The van der Waals surface area contributed by atoms with Crippen LogP contribution in [0.2, 0.25) is 0 Å². The number of benzene rings is 2. The minimum atomic E-state index is -1.26. The van der Waals surface area contributed by atoms with Crippen LogP contribution in [0, 0.1) is 0 Å². The van der Waals surface area contributed by atoms with E-state index in [4.69, 9.17) is 10.2 Å². The predicted molar refractivity (Wildman–Crippen MR) is 63.3 cm³/mol. The summed E-state index contributed by atoms with van der Waals surface area (Å²) in [6.45, 7) is 0. The largest absolute Gasteiger partial charge is 0.478 e. The zero-order chi connectivity index (χ0) is 13.3. The van der Waals surface area contributed by atoms with E-state index in [1.807, 2.05) is 0 Å². The number of carboxylic acid groups (broad SMARTS) is 2. The molecular formula is C13H8O5. The summed E-state index contributed by atoms with van der Waals surface area (Å²) in [5.41, 5.74) is -0.401. The van der Waals surface area contributed by atoms with Gasteiger partial charge in [0, 0.05) is 5.56 Å². The van der Waals surface area contributed by atoms with E-state index in [2.05, 4.69) is 0 Å². The van der Waals surface area contributed by atoms with E-state index in [9.17, 15) is 14.4 Å². The standard InChI is InChI=1S/C13H8O5/c14-6-7-5-10(12(15)16)8-3-1-2-4-9(8)11(7)13(17)18/h1-6H,(H,15,16)(H,17,18). The zero-order valence-electron chi connectivity index (χ0n) is 9.08. The Hall–Kier alpha value is -2.69. The number of aldehydes is 1. The Bertz CT molecular complexity index is 672. The molecule has 2 rings (SSSR count). The summed E-state index contributed by atoms with van der Waals surface area (Å²) in [4.78, 5) is 33.2. The summed E-state index contributed by atoms with van der Waals surface area (Å²) in [6.07, 6.45) is 0.350. The third-order valence-electron chi connectivity index (χ3n) is 2.65. The van der Waals surface area contributed by atoms with Crippen molar-refractivity contribution in [3.8, 4) is 0 Å². The van der Waals surface area contributed by atoms with Gasteiger partial charge in [0.25, 0.3) is 0 Å². The molecule has 0 amide bonds. The lowest BCUT2D eigenvalue weighted by molar-refractivity contribution is 0.0683. The van der Waals surface area contributed by atoms with Crippen LogP contribution in [-0.4, -0.2) is 28.4 Å². The molecule has 5 heteroatoms. The van der Waals surface area contributed by atoms with Gasteiger partial charge in [0.1, 0.15) is 0 Å². The lowest BCUT2D eigenvalue weighted by Crippen LogP contribution is -2.07. The number of carbonyl (C=O) groups excluding carboxylic acids is 1. The van der Waals surface area contributed by atoms with E-state index in [0.717, 1.165) is 6.07 Å². The second-order valence-corrected chi connectivity index (χ2v) is 3.66. The highest BCUT2D eigenvalue weighted by atomic mass is 16.4. The molecule has 0 unspecified atom stereocenters. The van der Waals surface area contributed by atoms with Gasteiger partial charge < -0.3 is 10.2 Å². The van der Waals surface area contributed by atoms with Crippen LogP contribution in [0.15, 0.2) is 30.3 Å². The topological polar surface area (TPSA) is 91.7 Å². The van der Waals surface area contributed by atoms with E-state index in [-0.39, 0.29) is 22.1 Å². The molecule has 0 heterocycles. The monoisotopic (exact) mass is 244 g/mol. The average Bonchev–Trinajstić information content (AvgIpc) is 2.35. The Morgan fingerprint density at radius 1 is 1.00 bits per heavy atom. The van der Waals surface area contributed by atoms with Gasteiger partial charge >= 0.3 is 11.9 Å². The van der Waals surface area contributed by atoms with Crippen LogP contribution < -0.4 is 0 Å². The third-order valence-corrected chi connectivity index (χ3v) is 2.65. The maximum atomic E-state index is 11.2. The Morgan fingerprint density at radius 2 is 1.61 bits per heavy atom. The number of aromatic carboxylic acids is 2. The first-order valence-electron chi connectivity index (χ1n) is 5.03. The molecule has 0 fully saturated rings. The Kier molecular flexibility index (Phi) is 2.81. The number of fused-ring (bicyclic) bond motifs is 1. The fourth-order valence-electron chi connectivity index (χ4n) is 1.91. The molecule has 0 aliphatic carbocycles. The molecule has 0 bridgehead atoms. The fourth-order valence-corrected chi connectivity index (χ4v) is 1.91. The van der Waals surface area contributed by atoms with Gasteiger partial charge in [0.2, 0.25) is 0 Å². The lowest BCUT2D eigenvalue weighted by atomic mass is 9.95. The van der Waals surface area contributed by atoms with E-state index in [1.165, 1.54) is 12.1 Å². The summed E-state index contributed by atoms with van der Waals surface area (Å²) < 4.78 is 0. The van der Waals surface area contributed by atoms with Gasteiger partial charge in [-0.05, 0) is 16.8 Å². The van der Waals surface area contributed by atoms with E-state index < -0.39 is 11.9 Å². The maximum Gasteiger partial charge on any atom is 0.337 e. The van der Waals surface area contributed by atoms with Crippen molar-refractivity contribution in [3.63, 3.8) is 0 Å². The quantitative estimate of drug-likeness (QED) is 0.806. The molecule has 5 nitrogen and oxygen atoms in total. The molecular weight excluding hydrogens is 236 g/mol. The summed E-state index contributed by atoms with van der Waals surface area (Å²) in [5.74, 6) is -2.46. The third kappa shape index (κ3) is 1.71. The van der Waals surface area contributed by atoms with Crippen molar-refractivity contribution in [2.24, 2.45) is 0 Å². The minimum absolute atomic E-state index is 0.0855. The van der Waals surface area contributed by atoms with Crippen LogP contribution in [0.5, 0.6) is 0 Å².